The van der Waals surface area contributed by atoms with Crippen molar-refractivity contribution in [2.45, 2.75) is 12.8 Å². The molecule has 0 fully saturated rings. The van der Waals surface area contributed by atoms with Crippen molar-refractivity contribution in [3.05, 3.63) is 18.0 Å². The lowest BCUT2D eigenvalue weighted by Gasteiger charge is -2.05. The van der Waals surface area contributed by atoms with E-state index in [1.807, 2.05) is 0 Å². The van der Waals surface area contributed by atoms with E-state index in [9.17, 15) is 13.6 Å². The first-order valence-electron chi connectivity index (χ1n) is 3.32. The summed E-state index contributed by atoms with van der Waals surface area (Å²) in [6.45, 7) is 0.572. The van der Waals surface area contributed by atoms with Gasteiger partial charge in [0, 0.05) is 20.2 Å². The van der Waals surface area contributed by atoms with E-state index in [4.69, 9.17) is 0 Å². The van der Waals surface area contributed by atoms with Crippen LogP contribution in [0, 0.1) is 0 Å². The zero-order valence-electron chi connectivity index (χ0n) is 6.71. The molecule has 0 N–H and O–H groups in total. The highest BCUT2D eigenvalue weighted by atomic mass is 19.3. The molecule has 1 heterocycles. The number of aromatic nitrogens is 2. The summed E-state index contributed by atoms with van der Waals surface area (Å²) in [6.07, 6.45) is 2.39. The zero-order chi connectivity index (χ0) is 9.35. The fourth-order valence-electron chi connectivity index (χ4n) is 0.792. The summed E-state index contributed by atoms with van der Waals surface area (Å²) < 4.78 is 26.2. The van der Waals surface area contributed by atoms with Crippen LogP contribution >= 0.6 is 0 Å². The second-order valence-electron chi connectivity index (χ2n) is 2.62. The van der Waals surface area contributed by atoms with Crippen molar-refractivity contribution in [1.82, 2.24) is 9.78 Å². The molecule has 0 spiro atoms. The van der Waals surface area contributed by atoms with Gasteiger partial charge in [0.2, 0.25) is 5.78 Å². The molecule has 66 valence electrons. The number of rotatable bonds is 2. The molecule has 0 atom stereocenters. The summed E-state index contributed by atoms with van der Waals surface area (Å²) in [6, 6.07) is 0. The Hall–Kier alpha value is -1.26. The van der Waals surface area contributed by atoms with E-state index in [2.05, 4.69) is 5.10 Å². The van der Waals surface area contributed by atoms with Crippen molar-refractivity contribution in [3.8, 4) is 0 Å². The standard InChI is InChI=1S/C7H8F2N2O/c1-7(8,9)6(12)5-3-10-11(2)4-5/h3-4H,1-2H3. The molecule has 0 aromatic carbocycles. The normalized spacial score (nSPS) is 11.7. The number of hydrogen-bond acceptors (Lipinski definition) is 2. The van der Waals surface area contributed by atoms with Crippen LogP contribution in [0.5, 0.6) is 0 Å². The Kier molecular flexibility index (Phi) is 1.95. The molecule has 0 unspecified atom stereocenters. The van der Waals surface area contributed by atoms with Gasteiger partial charge < -0.3 is 0 Å². The van der Waals surface area contributed by atoms with Crippen LogP contribution in [0.4, 0.5) is 8.78 Å². The van der Waals surface area contributed by atoms with Gasteiger partial charge in [-0.05, 0) is 0 Å². The minimum Gasteiger partial charge on any atom is -0.287 e. The van der Waals surface area contributed by atoms with Crippen molar-refractivity contribution in [1.29, 1.82) is 0 Å². The summed E-state index contributed by atoms with van der Waals surface area (Å²) in [4.78, 5) is 10.9. The molecule has 1 aromatic rings. The summed E-state index contributed by atoms with van der Waals surface area (Å²) in [5.41, 5.74) is -0.0648. The minimum absolute atomic E-state index is 0.0648. The van der Waals surface area contributed by atoms with Gasteiger partial charge >= 0.3 is 5.92 Å². The van der Waals surface area contributed by atoms with Gasteiger partial charge in [0.15, 0.2) is 0 Å². The molecular formula is C7H8F2N2O. The minimum atomic E-state index is -3.32. The highest BCUT2D eigenvalue weighted by molar-refractivity contribution is 6.00. The maximum Gasteiger partial charge on any atom is 0.307 e. The topological polar surface area (TPSA) is 34.9 Å². The predicted molar refractivity (Wildman–Crippen MR) is 38.2 cm³/mol. The highest BCUT2D eigenvalue weighted by Crippen LogP contribution is 2.18. The number of carbonyl (C=O) groups is 1. The second kappa shape index (κ2) is 2.66. The van der Waals surface area contributed by atoms with Crippen molar-refractivity contribution in [3.63, 3.8) is 0 Å². The Morgan fingerprint density at radius 3 is 2.58 bits per heavy atom. The summed E-state index contributed by atoms with van der Waals surface area (Å²) in [5.74, 6) is -4.51. The number of Topliss-reactive ketones (excluding diaryl/α,β-unsaturated/α-hetero) is 1. The Morgan fingerprint density at radius 1 is 1.67 bits per heavy atom. The van der Waals surface area contributed by atoms with E-state index in [-0.39, 0.29) is 5.56 Å². The second-order valence-corrected chi connectivity index (χ2v) is 2.62. The van der Waals surface area contributed by atoms with Crippen molar-refractivity contribution in [2.24, 2.45) is 7.05 Å². The zero-order valence-corrected chi connectivity index (χ0v) is 6.71. The highest BCUT2D eigenvalue weighted by Gasteiger charge is 2.33. The van der Waals surface area contributed by atoms with Crippen LogP contribution in [0.3, 0.4) is 0 Å². The molecule has 0 aliphatic carbocycles. The quantitative estimate of drug-likeness (QED) is 0.632. The first-order valence-corrected chi connectivity index (χ1v) is 3.32. The van der Waals surface area contributed by atoms with Crippen LogP contribution in [-0.4, -0.2) is 21.5 Å². The average molecular weight is 174 g/mol. The van der Waals surface area contributed by atoms with Crippen LogP contribution < -0.4 is 0 Å². The first kappa shape index (κ1) is 8.83. The van der Waals surface area contributed by atoms with E-state index >= 15 is 0 Å². The molecule has 0 bridgehead atoms. The molecule has 1 aromatic heterocycles. The number of hydrogen-bond donors (Lipinski definition) is 0. The molecule has 5 heteroatoms. The van der Waals surface area contributed by atoms with Gasteiger partial charge in [0.05, 0.1) is 11.8 Å². The number of ketones is 1. The third kappa shape index (κ3) is 1.66. The van der Waals surface area contributed by atoms with E-state index in [0.717, 1.165) is 6.20 Å². The molecule has 0 saturated carbocycles. The number of carbonyl (C=O) groups excluding carboxylic acids is 1. The van der Waals surface area contributed by atoms with Gasteiger partial charge in [0.25, 0.3) is 0 Å². The molecule has 0 amide bonds. The smallest absolute Gasteiger partial charge is 0.287 e. The van der Waals surface area contributed by atoms with Gasteiger partial charge in [0.1, 0.15) is 0 Å². The number of aryl methyl sites for hydroxylation is 1. The molecular weight excluding hydrogens is 166 g/mol. The number of nitrogens with zero attached hydrogens (tertiary/aromatic N) is 2. The van der Waals surface area contributed by atoms with Crippen molar-refractivity contribution < 1.29 is 13.6 Å². The lowest BCUT2D eigenvalue weighted by Crippen LogP contribution is -2.23. The van der Waals surface area contributed by atoms with Crippen LogP contribution in [-0.2, 0) is 7.05 Å². The number of halogens is 2. The fourth-order valence-corrected chi connectivity index (χ4v) is 0.792. The van der Waals surface area contributed by atoms with Gasteiger partial charge in [-0.2, -0.15) is 13.9 Å². The largest absolute Gasteiger partial charge is 0.307 e. The third-order valence-electron chi connectivity index (χ3n) is 1.37. The Labute approximate surface area is 68.0 Å². The van der Waals surface area contributed by atoms with E-state index in [1.54, 1.807) is 7.05 Å². The molecule has 0 radical (unpaired) electrons. The molecule has 12 heavy (non-hydrogen) atoms. The van der Waals surface area contributed by atoms with Crippen LogP contribution in [0.2, 0.25) is 0 Å². The van der Waals surface area contributed by atoms with Crippen LogP contribution in [0.1, 0.15) is 17.3 Å². The maximum atomic E-state index is 12.4. The van der Waals surface area contributed by atoms with Gasteiger partial charge in [-0.15, -0.1) is 0 Å². The molecule has 3 nitrogen and oxygen atoms in total. The maximum absolute atomic E-state index is 12.4. The van der Waals surface area contributed by atoms with E-state index in [0.29, 0.717) is 6.92 Å². The van der Waals surface area contributed by atoms with Gasteiger partial charge in [-0.1, -0.05) is 0 Å². The predicted octanol–water partition coefficient (Wildman–Crippen LogP) is 1.26. The summed E-state index contributed by atoms with van der Waals surface area (Å²) in [5, 5.41) is 3.61. The van der Waals surface area contributed by atoms with Crippen LogP contribution in [0.15, 0.2) is 12.4 Å². The van der Waals surface area contributed by atoms with Gasteiger partial charge in [-0.25, -0.2) is 0 Å². The molecule has 1 rings (SSSR count). The summed E-state index contributed by atoms with van der Waals surface area (Å²) >= 11 is 0. The Morgan fingerprint density at radius 2 is 2.25 bits per heavy atom. The van der Waals surface area contributed by atoms with E-state index < -0.39 is 11.7 Å². The summed E-state index contributed by atoms with van der Waals surface area (Å²) in [7, 11) is 1.56. The Bertz CT molecular complexity index is 301. The monoisotopic (exact) mass is 174 g/mol. The lowest BCUT2D eigenvalue weighted by molar-refractivity contribution is 0.0221. The van der Waals surface area contributed by atoms with Crippen molar-refractivity contribution >= 4 is 5.78 Å². The van der Waals surface area contributed by atoms with Crippen molar-refractivity contribution in [2.75, 3.05) is 0 Å². The number of alkyl halides is 2. The lowest BCUT2D eigenvalue weighted by atomic mass is 10.1. The van der Waals surface area contributed by atoms with E-state index in [1.165, 1.54) is 10.9 Å². The molecule has 0 saturated heterocycles. The third-order valence-corrected chi connectivity index (χ3v) is 1.37. The van der Waals surface area contributed by atoms with Crippen LogP contribution in [0.25, 0.3) is 0 Å². The fraction of sp³-hybridized carbons (Fsp3) is 0.429. The first-order chi connectivity index (χ1) is 5.41. The van der Waals surface area contributed by atoms with Gasteiger partial charge in [-0.3, -0.25) is 9.48 Å². The Balaban J connectivity index is 2.93. The molecule has 0 aliphatic rings. The average Bonchev–Trinajstić information content (AvgIpc) is 2.32. The SMILES string of the molecule is Cn1cc(C(=O)C(C)(F)F)cn1. The molecule has 0 aliphatic heterocycles.